The van der Waals surface area contributed by atoms with Gasteiger partial charge in [0.1, 0.15) is 23.7 Å². The number of imidazole rings is 1. The molecule has 3 aromatic rings. The summed E-state index contributed by atoms with van der Waals surface area (Å²) in [6, 6.07) is 9.68. The van der Waals surface area contributed by atoms with Crippen LogP contribution in [-0.4, -0.2) is 70.9 Å². The van der Waals surface area contributed by atoms with Gasteiger partial charge >= 0.3 is 5.97 Å². The first-order chi connectivity index (χ1) is 19.7. The molecule has 2 aromatic carbocycles. The molecule has 0 aliphatic carbocycles. The van der Waals surface area contributed by atoms with Gasteiger partial charge in [0.25, 0.3) is 0 Å². The molecule has 3 rings (SSSR count). The number of carbonyl (C=O) groups excluding carboxylic acids is 3. The molecule has 0 spiro atoms. The van der Waals surface area contributed by atoms with E-state index in [2.05, 4.69) is 15.5 Å². The fraction of sp³-hybridized carbons (Fsp3) is 0.448. The Morgan fingerprint density at radius 3 is 2.31 bits per heavy atom. The van der Waals surface area contributed by atoms with Gasteiger partial charge in [0.05, 0.1) is 17.6 Å². The Hall–Kier alpha value is -3.08. The Bertz CT molecular complexity index is 1330. The third-order valence-corrected chi connectivity index (χ3v) is 6.96. The molecule has 2 atom stereocenters. The predicted molar refractivity (Wildman–Crippen MR) is 166 cm³/mol. The molecule has 2 amide bonds. The smallest absolute Gasteiger partial charge is 0.328 e. The minimum Gasteiger partial charge on any atom is -0.464 e. The third kappa shape index (κ3) is 9.74. The summed E-state index contributed by atoms with van der Waals surface area (Å²) in [4.78, 5) is 44.8. The number of benzene rings is 2. The van der Waals surface area contributed by atoms with E-state index < -0.39 is 29.8 Å². The minimum atomic E-state index is -1.01. The van der Waals surface area contributed by atoms with E-state index >= 15 is 0 Å². The molecule has 0 saturated heterocycles. The van der Waals surface area contributed by atoms with E-state index in [9.17, 15) is 18.8 Å². The van der Waals surface area contributed by atoms with Crippen LogP contribution in [0.4, 0.5) is 10.1 Å². The van der Waals surface area contributed by atoms with Crippen molar-refractivity contribution in [1.29, 1.82) is 0 Å². The van der Waals surface area contributed by atoms with Gasteiger partial charge in [-0.05, 0) is 49.2 Å². The number of nitrogens with zero attached hydrogens (tertiary/aromatic N) is 3. The normalized spacial score (nSPS) is 12.2. The number of hydrogen-bond acceptors (Lipinski definition) is 6. The SMILES string of the molecule is CCOC(=O)[C@H](Cc1ccc(F)cc1)NC(=O)[C@H](CCc1nc2cc(N(CCCl)CCCl)ccc2n1C)NC(C)=O.Cl. The molecule has 0 bridgehead atoms. The number of anilines is 1. The van der Waals surface area contributed by atoms with E-state index in [1.165, 1.54) is 19.1 Å². The van der Waals surface area contributed by atoms with Crippen molar-refractivity contribution in [1.82, 2.24) is 20.2 Å². The summed E-state index contributed by atoms with van der Waals surface area (Å²) in [5, 5.41) is 5.40. The zero-order valence-corrected chi connectivity index (χ0v) is 26.2. The number of ether oxygens (including phenoxy) is 1. The van der Waals surface area contributed by atoms with Gasteiger partial charge in [-0.15, -0.1) is 35.6 Å². The van der Waals surface area contributed by atoms with Gasteiger partial charge in [0.15, 0.2) is 0 Å². The van der Waals surface area contributed by atoms with Crippen LogP contribution in [0.25, 0.3) is 11.0 Å². The molecule has 0 radical (unpaired) electrons. The van der Waals surface area contributed by atoms with Crippen LogP contribution in [0.5, 0.6) is 0 Å². The quantitative estimate of drug-likeness (QED) is 0.190. The van der Waals surface area contributed by atoms with Crippen molar-refractivity contribution in [2.24, 2.45) is 7.05 Å². The van der Waals surface area contributed by atoms with Gasteiger partial charge in [-0.3, -0.25) is 9.59 Å². The molecular weight excluding hydrogens is 608 g/mol. The molecule has 230 valence electrons. The van der Waals surface area contributed by atoms with Crippen LogP contribution >= 0.6 is 35.6 Å². The molecule has 1 aromatic heterocycles. The summed E-state index contributed by atoms with van der Waals surface area (Å²) in [5.74, 6) is -0.266. The molecule has 42 heavy (non-hydrogen) atoms. The van der Waals surface area contributed by atoms with Gasteiger partial charge in [-0.25, -0.2) is 14.2 Å². The second-order valence-corrected chi connectivity index (χ2v) is 10.3. The summed E-state index contributed by atoms with van der Waals surface area (Å²) in [6.07, 6.45) is 0.731. The van der Waals surface area contributed by atoms with Crippen molar-refractivity contribution < 1.29 is 23.5 Å². The largest absolute Gasteiger partial charge is 0.464 e. The highest BCUT2D eigenvalue weighted by atomic mass is 35.5. The maximum Gasteiger partial charge on any atom is 0.328 e. The van der Waals surface area contributed by atoms with E-state index in [1.54, 1.807) is 19.1 Å². The Morgan fingerprint density at radius 2 is 1.71 bits per heavy atom. The lowest BCUT2D eigenvalue weighted by Gasteiger charge is -2.22. The van der Waals surface area contributed by atoms with Crippen LogP contribution in [0.1, 0.15) is 31.7 Å². The van der Waals surface area contributed by atoms with Crippen molar-refractivity contribution in [3.05, 3.63) is 59.7 Å². The third-order valence-electron chi connectivity index (χ3n) is 6.62. The first-order valence-corrected chi connectivity index (χ1v) is 14.5. The number of alkyl halides is 2. The Labute approximate surface area is 261 Å². The second-order valence-electron chi connectivity index (χ2n) is 9.56. The van der Waals surface area contributed by atoms with Crippen LogP contribution < -0.4 is 15.5 Å². The first kappa shape index (κ1) is 35.1. The number of hydrogen-bond donors (Lipinski definition) is 2. The molecule has 0 aliphatic heterocycles. The number of nitrogens with one attached hydrogen (secondary N) is 2. The van der Waals surface area contributed by atoms with E-state index in [-0.39, 0.29) is 37.8 Å². The maximum atomic E-state index is 13.4. The number of amides is 2. The van der Waals surface area contributed by atoms with Crippen LogP contribution in [0.2, 0.25) is 0 Å². The number of carbonyl (C=O) groups is 3. The van der Waals surface area contributed by atoms with E-state index in [0.717, 1.165) is 22.5 Å². The minimum absolute atomic E-state index is 0. The monoisotopic (exact) mass is 643 g/mol. The summed E-state index contributed by atoms with van der Waals surface area (Å²) >= 11 is 11.9. The molecule has 0 fully saturated rings. The Kier molecular flexibility index (Phi) is 14.3. The highest BCUT2D eigenvalue weighted by Crippen LogP contribution is 2.23. The Balaban J connectivity index is 0.00000616. The van der Waals surface area contributed by atoms with Crippen molar-refractivity contribution in [2.75, 3.05) is 36.4 Å². The van der Waals surface area contributed by atoms with Gasteiger partial charge in [0, 0.05) is 57.3 Å². The molecular formula is C29H37Cl3FN5O4. The number of halogens is 4. The summed E-state index contributed by atoms with van der Waals surface area (Å²) in [7, 11) is 1.90. The van der Waals surface area contributed by atoms with E-state index in [4.69, 9.17) is 32.9 Å². The lowest BCUT2D eigenvalue weighted by atomic mass is 10.0. The van der Waals surface area contributed by atoms with Crippen molar-refractivity contribution in [2.45, 2.75) is 45.2 Å². The fourth-order valence-corrected chi connectivity index (χ4v) is 4.99. The summed E-state index contributed by atoms with van der Waals surface area (Å²) < 4.78 is 20.5. The topological polar surface area (TPSA) is 106 Å². The van der Waals surface area contributed by atoms with Gasteiger partial charge in [-0.1, -0.05) is 12.1 Å². The van der Waals surface area contributed by atoms with Crippen molar-refractivity contribution in [3.8, 4) is 0 Å². The number of fused-ring (bicyclic) bond motifs is 1. The second kappa shape index (κ2) is 17.1. The average molecular weight is 645 g/mol. The Morgan fingerprint density at radius 1 is 1.05 bits per heavy atom. The van der Waals surface area contributed by atoms with Gasteiger partial charge < -0.3 is 24.8 Å². The maximum absolute atomic E-state index is 13.4. The molecule has 1 heterocycles. The first-order valence-electron chi connectivity index (χ1n) is 13.5. The molecule has 0 unspecified atom stereocenters. The zero-order chi connectivity index (χ0) is 29.9. The van der Waals surface area contributed by atoms with E-state index in [0.29, 0.717) is 36.8 Å². The van der Waals surface area contributed by atoms with Crippen molar-refractivity contribution >= 4 is 70.1 Å². The van der Waals surface area contributed by atoms with Crippen LogP contribution in [0.15, 0.2) is 42.5 Å². The van der Waals surface area contributed by atoms with Gasteiger partial charge in [-0.2, -0.15) is 0 Å². The zero-order valence-electron chi connectivity index (χ0n) is 23.9. The highest BCUT2D eigenvalue weighted by molar-refractivity contribution is 6.18. The van der Waals surface area contributed by atoms with Crippen molar-refractivity contribution in [3.63, 3.8) is 0 Å². The summed E-state index contributed by atoms with van der Waals surface area (Å²) in [5.41, 5.74) is 3.32. The van der Waals surface area contributed by atoms with Crippen LogP contribution in [0.3, 0.4) is 0 Å². The number of aromatic nitrogens is 2. The van der Waals surface area contributed by atoms with Gasteiger partial charge in [0.2, 0.25) is 11.8 Å². The van der Waals surface area contributed by atoms with Crippen LogP contribution in [0, 0.1) is 5.82 Å². The number of rotatable bonds is 15. The fourth-order valence-electron chi connectivity index (χ4n) is 4.58. The molecule has 13 heteroatoms. The number of aryl methyl sites for hydroxylation is 2. The highest BCUT2D eigenvalue weighted by Gasteiger charge is 2.28. The molecule has 2 N–H and O–H groups in total. The molecule has 9 nitrogen and oxygen atoms in total. The summed E-state index contributed by atoms with van der Waals surface area (Å²) in [6.45, 7) is 4.43. The average Bonchev–Trinajstić information content (AvgIpc) is 3.26. The molecule has 0 saturated carbocycles. The van der Waals surface area contributed by atoms with Crippen LogP contribution in [-0.2, 0) is 39.0 Å². The molecule has 0 aliphatic rings. The predicted octanol–water partition coefficient (Wildman–Crippen LogP) is 4.15. The lowest BCUT2D eigenvalue weighted by Crippen LogP contribution is -2.52. The number of esters is 1. The standard InChI is InChI=1S/C29H36Cl2FN5O4.ClH/c1-4-41-29(40)25(17-20-5-7-21(32)8-6-20)35-28(39)23(33-19(2)38)10-12-27-34-24-18-22(9-11-26(24)36(27)3)37(15-13-30)16-14-31;/h5-9,11,18,23,25H,4,10,12-17H2,1-3H3,(H,33,38)(H,35,39);1H/t23-,25-;/m0./s1. The van der Waals surface area contributed by atoms with E-state index in [1.807, 2.05) is 29.8 Å². The lowest BCUT2D eigenvalue weighted by molar-refractivity contribution is -0.147.